The minimum atomic E-state index is -2.98. The number of hydrogen-bond donors (Lipinski definition) is 0. The second kappa shape index (κ2) is 12.8. The maximum Gasteiger partial charge on any atom is 0.147 e. The van der Waals surface area contributed by atoms with Gasteiger partial charge in [-0.1, -0.05) is 30.2 Å². The molecule has 1 atom stereocenters. The van der Waals surface area contributed by atoms with Gasteiger partial charge in [-0.15, -0.1) is 17.3 Å². The van der Waals surface area contributed by atoms with Crippen LogP contribution >= 0.6 is 11.3 Å². The standard InChI is InChI=1S/C32H31NO4S2/c1-4-6-25(15-16-33)26-8-10-27(11-9-26)37-21-24-7-14-32-30(20-24)31(22-38-32)29-13-12-28(19-23(29)2)36-17-5-18-39(3,34)35/h7-14,19-20,22,25H,5,15,17-18,21H2,1-3H3/t25-/m0/s1. The van der Waals surface area contributed by atoms with Crippen molar-refractivity contribution in [2.45, 2.75) is 39.2 Å². The fraction of sp³-hybridized carbons (Fsp3) is 0.281. The first kappa shape index (κ1) is 28.2. The minimum Gasteiger partial charge on any atom is -0.494 e. The maximum absolute atomic E-state index is 11.3. The van der Waals surface area contributed by atoms with Crippen molar-refractivity contribution >= 4 is 31.3 Å². The van der Waals surface area contributed by atoms with E-state index in [0.29, 0.717) is 26.1 Å². The lowest BCUT2D eigenvalue weighted by Gasteiger charge is -2.11. The molecule has 0 amide bonds. The van der Waals surface area contributed by atoms with E-state index in [0.717, 1.165) is 33.8 Å². The molecule has 0 saturated carbocycles. The number of sulfone groups is 1. The fourth-order valence-electron chi connectivity index (χ4n) is 4.39. The average Bonchev–Trinajstić information content (AvgIpc) is 3.33. The highest BCUT2D eigenvalue weighted by molar-refractivity contribution is 7.90. The summed E-state index contributed by atoms with van der Waals surface area (Å²) in [6, 6.07) is 22.4. The molecule has 0 aliphatic carbocycles. The predicted molar refractivity (Wildman–Crippen MR) is 159 cm³/mol. The molecule has 0 unspecified atom stereocenters. The first-order valence-electron chi connectivity index (χ1n) is 12.7. The van der Waals surface area contributed by atoms with Gasteiger partial charge in [-0.2, -0.15) is 5.26 Å². The molecule has 3 aromatic carbocycles. The van der Waals surface area contributed by atoms with Crippen LogP contribution in [0, 0.1) is 30.1 Å². The van der Waals surface area contributed by atoms with Crippen molar-refractivity contribution in [1.82, 2.24) is 0 Å². The minimum absolute atomic E-state index is 0.0857. The number of aryl methyl sites for hydroxylation is 1. The molecule has 1 aromatic heterocycles. The summed E-state index contributed by atoms with van der Waals surface area (Å²) in [7, 11) is -2.98. The Labute approximate surface area is 234 Å². The molecule has 0 radical (unpaired) electrons. The van der Waals surface area contributed by atoms with Gasteiger partial charge in [0.2, 0.25) is 0 Å². The number of hydrogen-bond acceptors (Lipinski definition) is 6. The van der Waals surface area contributed by atoms with Crippen LogP contribution in [0.2, 0.25) is 0 Å². The fourth-order valence-corrected chi connectivity index (χ4v) is 5.98. The van der Waals surface area contributed by atoms with Crippen molar-refractivity contribution in [3.8, 4) is 40.5 Å². The van der Waals surface area contributed by atoms with E-state index in [1.165, 1.54) is 21.9 Å². The van der Waals surface area contributed by atoms with Gasteiger partial charge in [0, 0.05) is 21.9 Å². The third kappa shape index (κ3) is 7.63. The Hall–Kier alpha value is -3.78. The molecular weight excluding hydrogens is 526 g/mol. The van der Waals surface area contributed by atoms with Crippen molar-refractivity contribution < 1.29 is 17.9 Å². The van der Waals surface area contributed by atoms with Crippen LogP contribution in [-0.2, 0) is 16.4 Å². The van der Waals surface area contributed by atoms with Crippen LogP contribution in [0.5, 0.6) is 11.5 Å². The van der Waals surface area contributed by atoms with Gasteiger partial charge in [-0.3, -0.25) is 0 Å². The molecule has 0 N–H and O–H groups in total. The van der Waals surface area contributed by atoms with Gasteiger partial charge in [0.15, 0.2) is 0 Å². The Morgan fingerprint density at radius 2 is 1.74 bits per heavy atom. The van der Waals surface area contributed by atoms with Crippen LogP contribution < -0.4 is 9.47 Å². The lowest BCUT2D eigenvalue weighted by molar-refractivity contribution is 0.306. The van der Waals surface area contributed by atoms with Crippen molar-refractivity contribution in [3.05, 3.63) is 82.7 Å². The van der Waals surface area contributed by atoms with E-state index >= 15 is 0 Å². The summed E-state index contributed by atoms with van der Waals surface area (Å²) in [5.41, 5.74) is 5.50. The number of rotatable bonds is 11. The van der Waals surface area contributed by atoms with Gasteiger partial charge >= 0.3 is 0 Å². The number of nitrogens with zero attached hydrogens (tertiary/aromatic N) is 1. The average molecular weight is 558 g/mol. The number of thiophene rings is 1. The molecule has 39 heavy (non-hydrogen) atoms. The summed E-state index contributed by atoms with van der Waals surface area (Å²) in [5, 5.41) is 12.4. The lowest BCUT2D eigenvalue weighted by Crippen LogP contribution is -2.08. The number of fused-ring (bicyclic) bond motifs is 1. The molecule has 7 heteroatoms. The Morgan fingerprint density at radius 1 is 0.974 bits per heavy atom. The van der Waals surface area contributed by atoms with Crippen molar-refractivity contribution in [2.24, 2.45) is 0 Å². The van der Waals surface area contributed by atoms with E-state index in [2.05, 4.69) is 54.5 Å². The number of benzene rings is 3. The highest BCUT2D eigenvalue weighted by atomic mass is 32.2. The molecule has 1 heterocycles. The Bertz CT molecular complexity index is 1650. The van der Waals surface area contributed by atoms with Gasteiger partial charge in [0.05, 0.1) is 30.8 Å². The topological polar surface area (TPSA) is 76.4 Å². The SMILES string of the molecule is CC#C[C@@H](CC#N)c1ccc(OCc2ccc3scc(-c4ccc(OCCCS(C)(=O)=O)cc4C)c3c2)cc1. The van der Waals surface area contributed by atoms with Crippen molar-refractivity contribution in [2.75, 3.05) is 18.6 Å². The van der Waals surface area contributed by atoms with E-state index in [1.807, 2.05) is 36.4 Å². The van der Waals surface area contributed by atoms with Gasteiger partial charge in [-0.05, 0) is 84.3 Å². The number of ether oxygens (including phenoxy) is 2. The van der Waals surface area contributed by atoms with Crippen LogP contribution in [0.25, 0.3) is 21.2 Å². The zero-order chi connectivity index (χ0) is 27.8. The van der Waals surface area contributed by atoms with E-state index in [-0.39, 0.29) is 11.7 Å². The summed E-state index contributed by atoms with van der Waals surface area (Å²) in [6.07, 6.45) is 2.08. The summed E-state index contributed by atoms with van der Waals surface area (Å²) in [5.74, 6) is 7.55. The Kier molecular flexibility index (Phi) is 9.30. The highest BCUT2D eigenvalue weighted by Crippen LogP contribution is 2.37. The van der Waals surface area contributed by atoms with E-state index in [1.54, 1.807) is 18.3 Å². The smallest absolute Gasteiger partial charge is 0.147 e. The highest BCUT2D eigenvalue weighted by Gasteiger charge is 2.12. The van der Waals surface area contributed by atoms with Gasteiger partial charge in [0.1, 0.15) is 27.9 Å². The van der Waals surface area contributed by atoms with Gasteiger partial charge in [-0.25, -0.2) is 8.42 Å². The van der Waals surface area contributed by atoms with E-state index in [9.17, 15) is 8.42 Å². The third-order valence-corrected chi connectivity index (χ3v) is 8.35. The van der Waals surface area contributed by atoms with Crippen LogP contribution in [0.4, 0.5) is 0 Å². The Morgan fingerprint density at radius 3 is 2.44 bits per heavy atom. The predicted octanol–water partition coefficient (Wildman–Crippen LogP) is 7.29. The first-order valence-corrected chi connectivity index (χ1v) is 15.6. The zero-order valence-corrected chi connectivity index (χ0v) is 24.0. The normalized spacial score (nSPS) is 11.8. The van der Waals surface area contributed by atoms with Crippen LogP contribution in [0.15, 0.2) is 66.0 Å². The molecule has 0 saturated heterocycles. The van der Waals surface area contributed by atoms with Gasteiger partial charge in [0.25, 0.3) is 0 Å². The third-order valence-electron chi connectivity index (χ3n) is 6.36. The van der Waals surface area contributed by atoms with Gasteiger partial charge < -0.3 is 9.47 Å². The maximum atomic E-state index is 11.3. The molecule has 0 bridgehead atoms. The second-order valence-electron chi connectivity index (χ2n) is 9.46. The first-order chi connectivity index (χ1) is 18.8. The lowest BCUT2D eigenvalue weighted by atomic mass is 9.97. The van der Waals surface area contributed by atoms with Crippen molar-refractivity contribution in [1.29, 1.82) is 5.26 Å². The van der Waals surface area contributed by atoms with Crippen LogP contribution in [-0.4, -0.2) is 27.0 Å². The van der Waals surface area contributed by atoms with Crippen molar-refractivity contribution in [3.63, 3.8) is 0 Å². The summed E-state index contributed by atoms with van der Waals surface area (Å²) < 4.78 is 35.7. The molecule has 0 aliphatic heterocycles. The zero-order valence-electron chi connectivity index (χ0n) is 22.4. The monoisotopic (exact) mass is 557 g/mol. The summed E-state index contributed by atoms with van der Waals surface area (Å²) >= 11 is 1.71. The summed E-state index contributed by atoms with van der Waals surface area (Å²) in [4.78, 5) is 0. The second-order valence-corrected chi connectivity index (χ2v) is 12.6. The summed E-state index contributed by atoms with van der Waals surface area (Å²) in [6.45, 7) is 4.66. The molecule has 5 nitrogen and oxygen atoms in total. The molecule has 0 aliphatic rings. The van der Waals surface area contributed by atoms with Crippen LogP contribution in [0.3, 0.4) is 0 Å². The largest absolute Gasteiger partial charge is 0.494 e. The molecule has 0 fully saturated rings. The molecular formula is C32H31NO4S2. The van der Waals surface area contributed by atoms with Crippen LogP contribution in [0.1, 0.15) is 42.4 Å². The molecule has 200 valence electrons. The Balaban J connectivity index is 1.45. The molecule has 4 rings (SSSR count). The van der Waals surface area contributed by atoms with E-state index in [4.69, 9.17) is 14.7 Å². The molecule has 0 spiro atoms. The molecule has 4 aromatic rings. The van der Waals surface area contributed by atoms with E-state index < -0.39 is 9.84 Å². The quantitative estimate of drug-likeness (QED) is 0.143. The number of nitriles is 1.